The molecule has 2 aromatic carbocycles. The summed E-state index contributed by atoms with van der Waals surface area (Å²) in [5.41, 5.74) is 1.63. The molecule has 0 radical (unpaired) electrons. The summed E-state index contributed by atoms with van der Waals surface area (Å²) < 4.78 is 1.77. The SMILES string of the molecule is O=C(c1cn(Cc2cccc3ccccc23)nn1)N1CCC(N2CCSCC2)CC1. The molecule has 0 atom stereocenters. The second-order valence-electron chi connectivity index (χ2n) is 8.11. The van der Waals surface area contributed by atoms with E-state index in [1.807, 2.05) is 22.7 Å². The Morgan fingerprint density at radius 2 is 1.77 bits per heavy atom. The number of likely N-dealkylation sites (tertiary alicyclic amines) is 1. The molecule has 0 saturated carbocycles. The van der Waals surface area contributed by atoms with E-state index in [0.717, 1.165) is 25.9 Å². The number of carbonyl (C=O) groups excluding carboxylic acids is 1. The van der Waals surface area contributed by atoms with Crippen LogP contribution in [0.1, 0.15) is 28.9 Å². The molecule has 0 N–H and O–H groups in total. The molecule has 5 rings (SSSR count). The highest BCUT2D eigenvalue weighted by molar-refractivity contribution is 7.99. The molecule has 3 heterocycles. The number of hydrogen-bond acceptors (Lipinski definition) is 5. The lowest BCUT2D eigenvalue weighted by molar-refractivity contribution is 0.0625. The van der Waals surface area contributed by atoms with E-state index in [9.17, 15) is 4.79 Å². The molecular formula is C23H27N5OS. The first-order valence-electron chi connectivity index (χ1n) is 10.8. The van der Waals surface area contributed by atoms with Gasteiger partial charge in [-0.05, 0) is 29.2 Å². The third-order valence-corrected chi connectivity index (χ3v) is 7.23. The van der Waals surface area contributed by atoms with Gasteiger partial charge in [0.2, 0.25) is 0 Å². The Labute approximate surface area is 181 Å². The molecular weight excluding hydrogens is 394 g/mol. The zero-order valence-corrected chi connectivity index (χ0v) is 17.9. The van der Waals surface area contributed by atoms with Crippen molar-refractivity contribution in [1.82, 2.24) is 24.8 Å². The van der Waals surface area contributed by atoms with Gasteiger partial charge in [0.25, 0.3) is 5.91 Å². The summed E-state index contributed by atoms with van der Waals surface area (Å²) in [5.74, 6) is 2.48. The highest BCUT2D eigenvalue weighted by Crippen LogP contribution is 2.22. The highest BCUT2D eigenvalue weighted by Gasteiger charge is 2.29. The van der Waals surface area contributed by atoms with Crippen LogP contribution >= 0.6 is 11.8 Å². The first-order chi connectivity index (χ1) is 14.8. The highest BCUT2D eigenvalue weighted by atomic mass is 32.2. The van der Waals surface area contributed by atoms with Crippen molar-refractivity contribution in [3.63, 3.8) is 0 Å². The molecule has 2 saturated heterocycles. The number of benzene rings is 2. The number of nitrogens with zero attached hydrogens (tertiary/aromatic N) is 5. The Balaban J connectivity index is 1.23. The van der Waals surface area contributed by atoms with Crippen LogP contribution in [-0.4, -0.2) is 74.4 Å². The van der Waals surface area contributed by atoms with Crippen LogP contribution in [0.15, 0.2) is 48.7 Å². The van der Waals surface area contributed by atoms with Crippen LogP contribution in [0, 0.1) is 0 Å². The molecule has 7 heteroatoms. The van der Waals surface area contributed by atoms with Crippen LogP contribution in [0.5, 0.6) is 0 Å². The molecule has 2 aliphatic heterocycles. The Kier molecular flexibility index (Phi) is 5.73. The fourth-order valence-electron chi connectivity index (χ4n) is 4.62. The summed E-state index contributed by atoms with van der Waals surface area (Å²) in [6, 6.07) is 15.2. The van der Waals surface area contributed by atoms with Gasteiger partial charge in [0, 0.05) is 43.7 Å². The molecule has 2 aliphatic rings. The average molecular weight is 422 g/mol. The minimum atomic E-state index is 0.00631. The lowest BCUT2D eigenvalue weighted by atomic mass is 10.0. The van der Waals surface area contributed by atoms with E-state index >= 15 is 0 Å². The van der Waals surface area contributed by atoms with Gasteiger partial charge in [-0.1, -0.05) is 47.7 Å². The van der Waals surface area contributed by atoms with Crippen LogP contribution in [0.4, 0.5) is 0 Å². The van der Waals surface area contributed by atoms with Gasteiger partial charge >= 0.3 is 0 Å². The van der Waals surface area contributed by atoms with Gasteiger partial charge in [-0.3, -0.25) is 9.69 Å². The normalized spacial score (nSPS) is 18.7. The van der Waals surface area contributed by atoms with Crippen molar-refractivity contribution in [2.45, 2.75) is 25.4 Å². The maximum Gasteiger partial charge on any atom is 0.276 e. The topological polar surface area (TPSA) is 54.3 Å². The average Bonchev–Trinajstić information content (AvgIpc) is 3.28. The second kappa shape index (κ2) is 8.78. The van der Waals surface area contributed by atoms with Crippen LogP contribution in [0.2, 0.25) is 0 Å². The van der Waals surface area contributed by atoms with E-state index < -0.39 is 0 Å². The van der Waals surface area contributed by atoms with Crippen LogP contribution in [-0.2, 0) is 6.54 Å². The summed E-state index contributed by atoms with van der Waals surface area (Å²) >= 11 is 2.04. The van der Waals surface area contributed by atoms with Gasteiger partial charge in [0.15, 0.2) is 5.69 Å². The predicted molar refractivity (Wildman–Crippen MR) is 121 cm³/mol. The van der Waals surface area contributed by atoms with Crippen LogP contribution in [0.25, 0.3) is 10.8 Å². The molecule has 30 heavy (non-hydrogen) atoms. The molecule has 1 aromatic heterocycles. The first kappa shape index (κ1) is 19.6. The lowest BCUT2D eigenvalue weighted by Gasteiger charge is -2.39. The third kappa shape index (κ3) is 4.09. The van der Waals surface area contributed by atoms with Crippen molar-refractivity contribution < 1.29 is 4.79 Å². The summed E-state index contributed by atoms with van der Waals surface area (Å²) in [4.78, 5) is 17.5. The van der Waals surface area contributed by atoms with E-state index in [1.165, 1.54) is 40.9 Å². The maximum atomic E-state index is 13.0. The van der Waals surface area contributed by atoms with Crippen molar-refractivity contribution in [2.75, 3.05) is 37.7 Å². The van der Waals surface area contributed by atoms with Crippen molar-refractivity contribution in [2.24, 2.45) is 0 Å². The number of piperidine rings is 1. The molecule has 0 spiro atoms. The van der Waals surface area contributed by atoms with Crippen molar-refractivity contribution in [1.29, 1.82) is 0 Å². The van der Waals surface area contributed by atoms with Crippen LogP contribution in [0.3, 0.4) is 0 Å². The van der Waals surface area contributed by atoms with Gasteiger partial charge < -0.3 is 4.90 Å². The standard InChI is InChI=1S/C23H27N5OS/c29-23(27-10-8-20(9-11-27)26-12-14-30-15-13-26)22-17-28(25-24-22)16-19-6-3-5-18-4-1-2-7-21(18)19/h1-7,17,20H,8-16H2. The second-order valence-corrected chi connectivity index (χ2v) is 9.34. The number of aromatic nitrogens is 3. The molecule has 1 amide bonds. The number of thioether (sulfide) groups is 1. The van der Waals surface area contributed by atoms with Crippen LogP contribution < -0.4 is 0 Å². The molecule has 0 unspecified atom stereocenters. The maximum absolute atomic E-state index is 13.0. The van der Waals surface area contributed by atoms with Gasteiger partial charge in [0.1, 0.15) is 0 Å². The monoisotopic (exact) mass is 421 g/mol. The molecule has 0 aliphatic carbocycles. The number of fused-ring (bicyclic) bond motifs is 1. The third-order valence-electron chi connectivity index (χ3n) is 6.28. The molecule has 3 aromatic rings. The number of carbonyl (C=O) groups is 1. The summed E-state index contributed by atoms with van der Waals surface area (Å²) in [6.07, 6.45) is 3.90. The molecule has 2 fully saturated rings. The fourth-order valence-corrected chi connectivity index (χ4v) is 5.55. The molecule has 156 valence electrons. The number of amides is 1. The first-order valence-corrected chi connectivity index (χ1v) is 11.9. The number of hydrogen-bond donors (Lipinski definition) is 0. The van der Waals surface area contributed by atoms with E-state index in [1.54, 1.807) is 10.9 Å². The molecule has 6 nitrogen and oxygen atoms in total. The van der Waals surface area contributed by atoms with Gasteiger partial charge in [-0.15, -0.1) is 5.10 Å². The Morgan fingerprint density at radius 3 is 2.60 bits per heavy atom. The zero-order valence-electron chi connectivity index (χ0n) is 17.1. The predicted octanol–water partition coefficient (Wildman–Crippen LogP) is 3.13. The zero-order chi connectivity index (χ0) is 20.3. The minimum Gasteiger partial charge on any atom is -0.337 e. The fraction of sp³-hybridized carbons (Fsp3) is 0.435. The lowest BCUT2D eigenvalue weighted by Crippen LogP contribution is -2.49. The van der Waals surface area contributed by atoms with Gasteiger partial charge in [-0.25, -0.2) is 4.68 Å². The van der Waals surface area contributed by atoms with E-state index in [0.29, 0.717) is 18.3 Å². The quantitative estimate of drug-likeness (QED) is 0.648. The number of rotatable bonds is 4. The molecule has 0 bridgehead atoms. The van der Waals surface area contributed by atoms with Crippen molar-refractivity contribution >= 4 is 28.4 Å². The van der Waals surface area contributed by atoms with E-state index in [2.05, 4.69) is 51.6 Å². The van der Waals surface area contributed by atoms with E-state index in [4.69, 9.17) is 0 Å². The Morgan fingerprint density at radius 1 is 1.00 bits per heavy atom. The Bertz CT molecular complexity index is 1020. The van der Waals surface area contributed by atoms with Gasteiger partial charge in [0.05, 0.1) is 12.7 Å². The van der Waals surface area contributed by atoms with Crippen molar-refractivity contribution in [3.8, 4) is 0 Å². The summed E-state index contributed by atoms with van der Waals surface area (Å²) in [5, 5.41) is 10.8. The van der Waals surface area contributed by atoms with E-state index in [-0.39, 0.29) is 5.91 Å². The summed E-state index contributed by atoms with van der Waals surface area (Å²) in [6.45, 7) is 4.60. The largest absolute Gasteiger partial charge is 0.337 e. The van der Waals surface area contributed by atoms with Crippen molar-refractivity contribution in [3.05, 3.63) is 59.9 Å². The minimum absolute atomic E-state index is 0.00631. The summed E-state index contributed by atoms with van der Waals surface area (Å²) in [7, 11) is 0. The smallest absolute Gasteiger partial charge is 0.276 e. The van der Waals surface area contributed by atoms with Gasteiger partial charge in [-0.2, -0.15) is 11.8 Å². The Hall–Kier alpha value is -2.38.